The molecule has 0 radical (unpaired) electrons. The fraction of sp³-hybridized carbons (Fsp3) is 0.588. The lowest BCUT2D eigenvalue weighted by Crippen LogP contribution is -2.50. The summed E-state index contributed by atoms with van der Waals surface area (Å²) < 4.78 is 33.8. The maximum absolute atomic E-state index is 12.8. The standard InChI is InChI=1S/C17H24N2O4S/c1-2-23-16-6-4-3-5-15(16)19-24(21,22)13-8-9-14-12(11-13)7-10-17(20)18-14/h3-6,12-14,19H,2,7-11H2,1H3,(H,18,20). The summed E-state index contributed by atoms with van der Waals surface area (Å²) in [6.45, 7) is 2.34. The number of ether oxygens (including phenoxy) is 1. The molecule has 3 unspecified atom stereocenters. The van der Waals surface area contributed by atoms with Crippen LogP contribution in [0.5, 0.6) is 5.75 Å². The highest BCUT2D eigenvalue weighted by Gasteiger charge is 2.39. The number of piperidine rings is 1. The average molecular weight is 352 g/mol. The van der Waals surface area contributed by atoms with Gasteiger partial charge in [0.25, 0.3) is 0 Å². The normalized spacial score (nSPS) is 27.0. The van der Waals surface area contributed by atoms with Crippen LogP contribution in [0.1, 0.15) is 39.0 Å². The fourth-order valence-corrected chi connectivity index (χ4v) is 5.26. The molecule has 0 aromatic heterocycles. The second-order valence-electron chi connectivity index (χ2n) is 6.48. The quantitative estimate of drug-likeness (QED) is 0.851. The number of sulfonamides is 1. The van der Waals surface area contributed by atoms with Crippen molar-refractivity contribution in [3.05, 3.63) is 24.3 Å². The Morgan fingerprint density at radius 1 is 1.25 bits per heavy atom. The number of para-hydroxylation sites is 2. The zero-order chi connectivity index (χ0) is 17.2. The van der Waals surface area contributed by atoms with Crippen LogP contribution < -0.4 is 14.8 Å². The molecule has 132 valence electrons. The van der Waals surface area contributed by atoms with E-state index < -0.39 is 15.3 Å². The van der Waals surface area contributed by atoms with Crippen molar-refractivity contribution in [2.45, 2.75) is 50.3 Å². The van der Waals surface area contributed by atoms with E-state index in [1.54, 1.807) is 18.2 Å². The predicted octanol–water partition coefficient (Wildman–Crippen LogP) is 2.27. The summed E-state index contributed by atoms with van der Waals surface area (Å²) in [6.07, 6.45) is 3.15. The number of nitrogens with one attached hydrogen (secondary N) is 2. The van der Waals surface area contributed by atoms with Gasteiger partial charge in [0.15, 0.2) is 0 Å². The molecule has 6 nitrogen and oxygen atoms in total. The van der Waals surface area contributed by atoms with E-state index in [0.717, 1.165) is 12.8 Å². The number of carbonyl (C=O) groups is 1. The van der Waals surface area contributed by atoms with E-state index in [1.165, 1.54) is 0 Å². The SMILES string of the molecule is CCOc1ccccc1NS(=O)(=O)C1CCC2NC(=O)CCC2C1. The molecule has 1 saturated carbocycles. The van der Waals surface area contributed by atoms with Crippen molar-refractivity contribution in [3.63, 3.8) is 0 Å². The molecule has 1 heterocycles. The van der Waals surface area contributed by atoms with Gasteiger partial charge < -0.3 is 10.1 Å². The van der Waals surface area contributed by atoms with Gasteiger partial charge in [0.2, 0.25) is 15.9 Å². The van der Waals surface area contributed by atoms with Gasteiger partial charge in [0.05, 0.1) is 17.5 Å². The second-order valence-corrected chi connectivity index (χ2v) is 8.44. The Morgan fingerprint density at radius 2 is 2.04 bits per heavy atom. The summed E-state index contributed by atoms with van der Waals surface area (Å²) in [7, 11) is -3.48. The minimum Gasteiger partial charge on any atom is -0.492 e. The molecule has 2 N–H and O–H groups in total. The first kappa shape index (κ1) is 17.1. The van der Waals surface area contributed by atoms with Crippen LogP contribution in [-0.2, 0) is 14.8 Å². The molecule has 2 aliphatic rings. The highest BCUT2D eigenvalue weighted by atomic mass is 32.2. The molecule has 2 fully saturated rings. The lowest BCUT2D eigenvalue weighted by Gasteiger charge is -2.39. The maximum atomic E-state index is 12.8. The lowest BCUT2D eigenvalue weighted by molar-refractivity contribution is -0.124. The largest absolute Gasteiger partial charge is 0.492 e. The molecule has 1 aromatic carbocycles. The van der Waals surface area contributed by atoms with E-state index in [2.05, 4.69) is 10.0 Å². The first-order chi connectivity index (χ1) is 11.5. The molecule has 3 atom stereocenters. The third-order valence-electron chi connectivity index (χ3n) is 4.90. The molecule has 0 bridgehead atoms. The van der Waals surface area contributed by atoms with Crippen LogP contribution in [0.15, 0.2) is 24.3 Å². The molecule has 1 aromatic rings. The zero-order valence-corrected chi connectivity index (χ0v) is 14.6. The van der Waals surface area contributed by atoms with Crippen LogP contribution in [-0.4, -0.2) is 32.2 Å². The first-order valence-electron chi connectivity index (χ1n) is 8.52. The number of anilines is 1. The summed E-state index contributed by atoms with van der Waals surface area (Å²) in [5, 5.41) is 2.56. The van der Waals surface area contributed by atoms with E-state index in [9.17, 15) is 13.2 Å². The molecular weight excluding hydrogens is 328 g/mol. The van der Waals surface area contributed by atoms with Gasteiger partial charge in [-0.05, 0) is 50.7 Å². The summed E-state index contributed by atoms with van der Waals surface area (Å²) in [6, 6.07) is 7.21. The molecule has 24 heavy (non-hydrogen) atoms. The third-order valence-corrected chi connectivity index (χ3v) is 6.71. The Hall–Kier alpha value is -1.76. The van der Waals surface area contributed by atoms with Gasteiger partial charge in [-0.25, -0.2) is 8.42 Å². The van der Waals surface area contributed by atoms with Crippen molar-refractivity contribution in [2.24, 2.45) is 5.92 Å². The van der Waals surface area contributed by atoms with Gasteiger partial charge in [-0.2, -0.15) is 0 Å². The van der Waals surface area contributed by atoms with Crippen molar-refractivity contribution in [1.29, 1.82) is 0 Å². The highest BCUT2D eigenvalue weighted by Crippen LogP contribution is 2.35. The number of fused-ring (bicyclic) bond motifs is 1. The van der Waals surface area contributed by atoms with Crippen molar-refractivity contribution in [3.8, 4) is 5.75 Å². The molecule has 3 rings (SSSR count). The van der Waals surface area contributed by atoms with Gasteiger partial charge in [0, 0.05) is 12.5 Å². The summed E-state index contributed by atoms with van der Waals surface area (Å²) >= 11 is 0. The first-order valence-corrected chi connectivity index (χ1v) is 10.1. The molecule has 1 saturated heterocycles. The van der Waals surface area contributed by atoms with Crippen molar-refractivity contribution in [2.75, 3.05) is 11.3 Å². The van der Waals surface area contributed by atoms with E-state index in [4.69, 9.17) is 4.74 Å². The van der Waals surface area contributed by atoms with Crippen molar-refractivity contribution in [1.82, 2.24) is 5.32 Å². The minimum absolute atomic E-state index is 0.0846. The molecule has 1 aliphatic heterocycles. The van der Waals surface area contributed by atoms with E-state index in [-0.39, 0.29) is 17.9 Å². The Bertz CT molecular complexity index is 704. The lowest BCUT2D eigenvalue weighted by atomic mass is 9.79. The van der Waals surface area contributed by atoms with E-state index in [0.29, 0.717) is 37.3 Å². The molecule has 1 aliphatic carbocycles. The van der Waals surface area contributed by atoms with Crippen LogP contribution in [0.2, 0.25) is 0 Å². The summed E-state index contributed by atoms with van der Waals surface area (Å²) in [4.78, 5) is 11.5. The van der Waals surface area contributed by atoms with E-state index >= 15 is 0 Å². The molecule has 1 amide bonds. The molecular formula is C17H24N2O4S. The van der Waals surface area contributed by atoms with Crippen molar-refractivity contribution < 1.29 is 17.9 Å². The molecule has 7 heteroatoms. The number of rotatable bonds is 5. The maximum Gasteiger partial charge on any atom is 0.235 e. The summed E-state index contributed by atoms with van der Waals surface area (Å²) in [5.74, 6) is 0.878. The average Bonchev–Trinajstić information content (AvgIpc) is 2.56. The van der Waals surface area contributed by atoms with E-state index in [1.807, 2.05) is 13.0 Å². The number of carbonyl (C=O) groups excluding carboxylic acids is 1. The van der Waals surface area contributed by atoms with Gasteiger partial charge in [-0.1, -0.05) is 12.1 Å². The van der Waals surface area contributed by atoms with Gasteiger partial charge >= 0.3 is 0 Å². The van der Waals surface area contributed by atoms with Crippen LogP contribution in [0.3, 0.4) is 0 Å². The highest BCUT2D eigenvalue weighted by molar-refractivity contribution is 7.93. The van der Waals surface area contributed by atoms with Gasteiger partial charge in [-0.15, -0.1) is 0 Å². The minimum atomic E-state index is -3.48. The molecule has 0 spiro atoms. The Kier molecular flexibility index (Phi) is 4.99. The topological polar surface area (TPSA) is 84.5 Å². The third kappa shape index (κ3) is 3.66. The van der Waals surface area contributed by atoms with Crippen LogP contribution >= 0.6 is 0 Å². The number of benzene rings is 1. The Labute approximate surface area is 143 Å². The van der Waals surface area contributed by atoms with Crippen LogP contribution in [0.4, 0.5) is 5.69 Å². The Morgan fingerprint density at radius 3 is 2.83 bits per heavy atom. The Balaban J connectivity index is 1.71. The monoisotopic (exact) mass is 352 g/mol. The fourth-order valence-electron chi connectivity index (χ4n) is 3.68. The number of hydrogen-bond acceptors (Lipinski definition) is 4. The zero-order valence-electron chi connectivity index (χ0n) is 13.8. The number of hydrogen-bond donors (Lipinski definition) is 2. The van der Waals surface area contributed by atoms with Gasteiger partial charge in [0.1, 0.15) is 5.75 Å². The van der Waals surface area contributed by atoms with Crippen LogP contribution in [0.25, 0.3) is 0 Å². The van der Waals surface area contributed by atoms with Crippen molar-refractivity contribution >= 4 is 21.6 Å². The van der Waals surface area contributed by atoms with Gasteiger partial charge in [-0.3, -0.25) is 9.52 Å². The predicted molar refractivity (Wildman–Crippen MR) is 92.4 cm³/mol. The number of amides is 1. The summed E-state index contributed by atoms with van der Waals surface area (Å²) in [5.41, 5.74) is 0.485. The van der Waals surface area contributed by atoms with Crippen LogP contribution in [0, 0.1) is 5.92 Å². The second kappa shape index (κ2) is 7.01. The smallest absolute Gasteiger partial charge is 0.235 e.